The molecule has 0 aliphatic rings. The van der Waals surface area contributed by atoms with Crippen molar-refractivity contribution in [3.63, 3.8) is 0 Å². The van der Waals surface area contributed by atoms with Gasteiger partial charge in [0.2, 0.25) is 0 Å². The molecule has 0 unspecified atom stereocenters. The van der Waals surface area contributed by atoms with Gasteiger partial charge in [0.1, 0.15) is 5.82 Å². The largest absolute Gasteiger partial charge is 0.393 e. The fourth-order valence-corrected chi connectivity index (χ4v) is 1.13. The molecule has 1 rings (SSSR count). The number of aryl methyl sites for hydroxylation is 1. The molecule has 0 bridgehead atoms. The second kappa shape index (κ2) is 4.97. The summed E-state index contributed by atoms with van der Waals surface area (Å²) in [4.78, 5) is 0. The zero-order valence-corrected chi connectivity index (χ0v) is 7.54. The van der Waals surface area contributed by atoms with Crippen LogP contribution in [-0.4, -0.2) is 11.2 Å². The van der Waals surface area contributed by atoms with Gasteiger partial charge in [-0.2, -0.15) is 0 Å². The van der Waals surface area contributed by atoms with Crippen LogP contribution in [0.5, 0.6) is 0 Å². The van der Waals surface area contributed by atoms with Crippen molar-refractivity contribution >= 4 is 0 Å². The highest BCUT2D eigenvalue weighted by Gasteiger charge is 2.01. The first-order chi connectivity index (χ1) is 6.22. The molecule has 1 radical (unpaired) electrons. The highest BCUT2D eigenvalue weighted by atomic mass is 19.1. The van der Waals surface area contributed by atoms with Gasteiger partial charge < -0.3 is 5.11 Å². The minimum Gasteiger partial charge on any atom is -0.393 e. The van der Waals surface area contributed by atoms with Gasteiger partial charge in [-0.25, -0.2) is 4.39 Å². The highest BCUT2D eigenvalue weighted by Crippen LogP contribution is 2.08. The summed E-state index contributed by atoms with van der Waals surface area (Å²) < 4.78 is 12.5. The predicted octanol–water partition coefficient (Wildman–Crippen LogP) is 2.34. The van der Waals surface area contributed by atoms with E-state index in [9.17, 15) is 9.50 Å². The summed E-state index contributed by atoms with van der Waals surface area (Å²) in [6.45, 7) is 3.60. The first-order valence-corrected chi connectivity index (χ1v) is 4.44. The summed E-state index contributed by atoms with van der Waals surface area (Å²) in [5.41, 5.74) is 1.05. The van der Waals surface area contributed by atoms with Crippen LogP contribution < -0.4 is 0 Å². The first kappa shape index (κ1) is 10.2. The number of hydrogen-bond acceptors (Lipinski definition) is 1. The lowest BCUT2D eigenvalue weighted by Gasteiger charge is -2.06. The van der Waals surface area contributed by atoms with Gasteiger partial charge in [-0.1, -0.05) is 19.1 Å². The lowest BCUT2D eigenvalue weighted by atomic mass is 10.1. The third kappa shape index (κ3) is 3.55. The van der Waals surface area contributed by atoms with Crippen molar-refractivity contribution in [1.29, 1.82) is 0 Å². The van der Waals surface area contributed by atoms with Gasteiger partial charge in [-0.05, 0) is 37.0 Å². The minimum absolute atomic E-state index is 0.221. The molecule has 0 spiro atoms. The van der Waals surface area contributed by atoms with Gasteiger partial charge in [-0.3, -0.25) is 0 Å². The molecule has 1 atom stereocenters. The van der Waals surface area contributed by atoms with Crippen LogP contribution in [0.4, 0.5) is 4.39 Å². The average Bonchev–Trinajstić information content (AvgIpc) is 2.16. The SMILES string of the molecule is [CH2]C[C@@H](O)CCc1ccc(F)cc1. The van der Waals surface area contributed by atoms with Crippen LogP contribution in [0, 0.1) is 12.7 Å². The predicted molar refractivity (Wildman–Crippen MR) is 50.7 cm³/mol. The summed E-state index contributed by atoms with van der Waals surface area (Å²) in [6, 6.07) is 6.36. The lowest BCUT2D eigenvalue weighted by molar-refractivity contribution is 0.167. The van der Waals surface area contributed by atoms with Crippen LogP contribution >= 0.6 is 0 Å². The van der Waals surface area contributed by atoms with Crippen molar-refractivity contribution in [3.8, 4) is 0 Å². The molecule has 0 amide bonds. The van der Waals surface area contributed by atoms with Crippen molar-refractivity contribution in [2.75, 3.05) is 0 Å². The number of halogens is 1. The van der Waals surface area contributed by atoms with E-state index < -0.39 is 0 Å². The first-order valence-electron chi connectivity index (χ1n) is 4.44. The Hall–Kier alpha value is -0.890. The second-order valence-corrected chi connectivity index (χ2v) is 3.11. The van der Waals surface area contributed by atoms with Crippen molar-refractivity contribution in [2.24, 2.45) is 0 Å². The van der Waals surface area contributed by atoms with E-state index >= 15 is 0 Å². The van der Waals surface area contributed by atoms with Crippen molar-refractivity contribution in [2.45, 2.75) is 25.4 Å². The Morgan fingerprint density at radius 2 is 1.92 bits per heavy atom. The summed E-state index contributed by atoms with van der Waals surface area (Å²) in [5, 5.41) is 9.24. The van der Waals surface area contributed by atoms with Crippen LogP contribution in [0.2, 0.25) is 0 Å². The van der Waals surface area contributed by atoms with Crippen LogP contribution in [-0.2, 0) is 6.42 Å². The molecule has 1 N–H and O–H groups in total. The molecule has 2 heteroatoms. The molecule has 1 aromatic carbocycles. The Kier molecular flexibility index (Phi) is 3.90. The Balaban J connectivity index is 2.41. The van der Waals surface area contributed by atoms with Gasteiger partial charge in [0, 0.05) is 0 Å². The standard InChI is InChI=1S/C11H14FO/c1-2-11(13)8-5-9-3-6-10(12)7-4-9/h3-4,6-7,11,13H,1-2,5,8H2/t11-/m1/s1. The molecular formula is C11H14FO. The molecule has 0 saturated heterocycles. The molecule has 0 aliphatic heterocycles. The van der Waals surface area contributed by atoms with Gasteiger partial charge in [0.05, 0.1) is 6.10 Å². The molecule has 0 aromatic heterocycles. The summed E-state index contributed by atoms with van der Waals surface area (Å²) in [6.07, 6.45) is 1.65. The topological polar surface area (TPSA) is 20.2 Å². The quantitative estimate of drug-likeness (QED) is 0.756. The van der Waals surface area contributed by atoms with Crippen LogP contribution in [0.25, 0.3) is 0 Å². The molecule has 1 aromatic rings. The van der Waals surface area contributed by atoms with Crippen LogP contribution in [0.1, 0.15) is 18.4 Å². The number of aliphatic hydroxyl groups is 1. The zero-order chi connectivity index (χ0) is 9.68. The van der Waals surface area contributed by atoms with Gasteiger partial charge >= 0.3 is 0 Å². The number of aliphatic hydroxyl groups excluding tert-OH is 1. The van der Waals surface area contributed by atoms with Crippen LogP contribution in [0.15, 0.2) is 24.3 Å². The highest BCUT2D eigenvalue weighted by molar-refractivity contribution is 5.16. The Morgan fingerprint density at radius 1 is 1.31 bits per heavy atom. The van der Waals surface area contributed by atoms with E-state index in [1.807, 2.05) is 0 Å². The minimum atomic E-state index is -0.343. The molecule has 71 valence electrons. The van der Waals surface area contributed by atoms with Crippen molar-refractivity contribution < 1.29 is 9.50 Å². The third-order valence-electron chi connectivity index (χ3n) is 2.01. The summed E-state index contributed by atoms with van der Waals surface area (Å²) in [7, 11) is 0. The molecule has 1 nitrogen and oxygen atoms in total. The molecule has 0 fully saturated rings. The number of benzene rings is 1. The number of rotatable bonds is 4. The van der Waals surface area contributed by atoms with Crippen molar-refractivity contribution in [3.05, 3.63) is 42.6 Å². The fourth-order valence-electron chi connectivity index (χ4n) is 1.13. The van der Waals surface area contributed by atoms with E-state index in [1.54, 1.807) is 12.1 Å². The van der Waals surface area contributed by atoms with Gasteiger partial charge in [-0.15, -0.1) is 0 Å². The fraction of sp³-hybridized carbons (Fsp3) is 0.364. The molecule has 13 heavy (non-hydrogen) atoms. The molecular weight excluding hydrogens is 167 g/mol. The van der Waals surface area contributed by atoms with E-state index in [2.05, 4.69) is 6.92 Å². The molecule has 0 heterocycles. The van der Waals surface area contributed by atoms with Gasteiger partial charge in [0.15, 0.2) is 0 Å². The lowest BCUT2D eigenvalue weighted by Crippen LogP contribution is -2.05. The van der Waals surface area contributed by atoms with E-state index in [0.717, 1.165) is 12.0 Å². The summed E-state index contributed by atoms with van der Waals surface area (Å²) >= 11 is 0. The van der Waals surface area contributed by atoms with E-state index in [0.29, 0.717) is 12.8 Å². The Morgan fingerprint density at radius 3 is 2.46 bits per heavy atom. The number of hydrogen-bond donors (Lipinski definition) is 1. The molecule has 0 saturated carbocycles. The average molecular weight is 181 g/mol. The van der Waals surface area contributed by atoms with E-state index in [1.165, 1.54) is 12.1 Å². The zero-order valence-electron chi connectivity index (χ0n) is 7.54. The second-order valence-electron chi connectivity index (χ2n) is 3.11. The van der Waals surface area contributed by atoms with E-state index in [-0.39, 0.29) is 11.9 Å². The summed E-state index contributed by atoms with van der Waals surface area (Å²) in [5.74, 6) is -0.221. The maximum Gasteiger partial charge on any atom is 0.123 e. The van der Waals surface area contributed by atoms with E-state index in [4.69, 9.17) is 0 Å². The monoisotopic (exact) mass is 181 g/mol. The third-order valence-corrected chi connectivity index (χ3v) is 2.01. The van der Waals surface area contributed by atoms with Gasteiger partial charge in [0.25, 0.3) is 0 Å². The van der Waals surface area contributed by atoms with Crippen molar-refractivity contribution in [1.82, 2.24) is 0 Å². The maximum atomic E-state index is 12.5. The normalized spacial score (nSPS) is 12.8. The molecule has 0 aliphatic carbocycles. The maximum absolute atomic E-state index is 12.5. The Labute approximate surface area is 78.2 Å². The van der Waals surface area contributed by atoms with Crippen LogP contribution in [0.3, 0.4) is 0 Å². The Bertz CT molecular complexity index is 243. The smallest absolute Gasteiger partial charge is 0.123 e.